The largest absolute Gasteiger partial charge is 0.298 e. The van der Waals surface area contributed by atoms with Gasteiger partial charge in [0.15, 0.2) is 5.78 Å². The van der Waals surface area contributed by atoms with Gasteiger partial charge in [-0.2, -0.15) is 0 Å². The number of nitrogens with zero attached hydrogens (tertiary/aromatic N) is 2. The summed E-state index contributed by atoms with van der Waals surface area (Å²) in [6, 6.07) is 2.79. The first kappa shape index (κ1) is 11.2. The van der Waals surface area contributed by atoms with Gasteiger partial charge >= 0.3 is 0 Å². The van der Waals surface area contributed by atoms with Crippen molar-refractivity contribution < 1.29 is 18.9 Å². The van der Waals surface area contributed by atoms with Gasteiger partial charge < -0.3 is 0 Å². The highest BCUT2D eigenvalue weighted by atomic mass is 19.1. The van der Waals surface area contributed by atoms with E-state index in [2.05, 4.69) is 0 Å². The summed E-state index contributed by atoms with van der Waals surface area (Å²) in [5.74, 6) is -1.59. The molecular weight excluding hydrogens is 231 g/mol. The van der Waals surface area contributed by atoms with E-state index in [-0.39, 0.29) is 24.4 Å². The Hall–Kier alpha value is -2.31. The van der Waals surface area contributed by atoms with Crippen LogP contribution in [0.5, 0.6) is 0 Å². The van der Waals surface area contributed by atoms with E-state index in [1.807, 2.05) is 0 Å². The van der Waals surface area contributed by atoms with Crippen molar-refractivity contribution in [3.05, 3.63) is 34.1 Å². The fourth-order valence-electron chi connectivity index (χ4n) is 1.67. The minimum atomic E-state index is -0.717. The number of anilines is 1. The number of halogens is 1. The van der Waals surface area contributed by atoms with Crippen LogP contribution in [0.2, 0.25) is 0 Å². The second kappa shape index (κ2) is 3.93. The van der Waals surface area contributed by atoms with Crippen molar-refractivity contribution in [3.8, 4) is 0 Å². The molecule has 0 aromatic heterocycles. The molecule has 1 aromatic carbocycles. The van der Waals surface area contributed by atoms with Gasteiger partial charge in [-0.25, -0.2) is 4.39 Å². The van der Waals surface area contributed by atoms with Crippen molar-refractivity contribution in [2.75, 3.05) is 11.4 Å². The van der Waals surface area contributed by atoms with Crippen LogP contribution >= 0.6 is 0 Å². The number of carbonyl (C=O) groups excluding carboxylic acids is 2. The maximum Gasteiger partial charge on any atom is 0.293 e. The van der Waals surface area contributed by atoms with Gasteiger partial charge in [0, 0.05) is 12.1 Å². The predicted molar refractivity (Wildman–Crippen MR) is 55.0 cm³/mol. The molecule has 0 spiro atoms. The SMILES string of the molecule is O=C1CC(=O)N(c2cc(F)ccc2[N+](=O)[O-])C1. The van der Waals surface area contributed by atoms with Gasteiger partial charge in [0.05, 0.1) is 17.9 Å². The molecule has 0 N–H and O–H groups in total. The Morgan fingerprint density at radius 2 is 2.06 bits per heavy atom. The Bertz CT molecular complexity index is 529. The normalized spacial score (nSPS) is 15.5. The third-order valence-electron chi connectivity index (χ3n) is 2.41. The lowest BCUT2D eigenvalue weighted by Gasteiger charge is -2.14. The van der Waals surface area contributed by atoms with E-state index in [0.717, 1.165) is 23.1 Å². The number of carbonyl (C=O) groups is 2. The van der Waals surface area contributed by atoms with E-state index in [0.29, 0.717) is 0 Å². The molecule has 17 heavy (non-hydrogen) atoms. The molecule has 0 unspecified atom stereocenters. The van der Waals surface area contributed by atoms with Crippen molar-refractivity contribution in [1.29, 1.82) is 0 Å². The molecule has 7 heteroatoms. The van der Waals surface area contributed by atoms with E-state index in [9.17, 15) is 24.1 Å². The van der Waals surface area contributed by atoms with Crippen LogP contribution in [0.15, 0.2) is 18.2 Å². The lowest BCUT2D eigenvalue weighted by atomic mass is 10.2. The highest BCUT2D eigenvalue weighted by Gasteiger charge is 2.33. The van der Waals surface area contributed by atoms with Crippen LogP contribution in [0.3, 0.4) is 0 Å². The zero-order valence-corrected chi connectivity index (χ0v) is 8.55. The first-order valence-electron chi connectivity index (χ1n) is 4.75. The second-order valence-corrected chi connectivity index (χ2v) is 3.59. The van der Waals surface area contributed by atoms with E-state index >= 15 is 0 Å². The molecule has 1 amide bonds. The highest BCUT2D eigenvalue weighted by molar-refractivity contribution is 6.15. The Kier molecular flexibility index (Phi) is 2.58. The van der Waals surface area contributed by atoms with Crippen LogP contribution < -0.4 is 4.90 Å². The molecule has 1 aliphatic rings. The minimum absolute atomic E-state index is 0.175. The average Bonchev–Trinajstić information content (AvgIpc) is 2.57. The van der Waals surface area contributed by atoms with E-state index < -0.39 is 22.3 Å². The lowest BCUT2D eigenvalue weighted by Crippen LogP contribution is -2.25. The summed E-state index contributed by atoms with van der Waals surface area (Å²) in [5, 5.41) is 10.7. The first-order chi connectivity index (χ1) is 7.99. The van der Waals surface area contributed by atoms with Crippen LogP contribution in [0.1, 0.15) is 6.42 Å². The van der Waals surface area contributed by atoms with Crippen LogP contribution in [0, 0.1) is 15.9 Å². The molecule has 2 rings (SSSR count). The molecule has 0 atom stereocenters. The third kappa shape index (κ3) is 1.99. The summed E-state index contributed by atoms with van der Waals surface area (Å²) in [5.41, 5.74) is -0.569. The summed E-state index contributed by atoms with van der Waals surface area (Å²) in [6.45, 7) is -0.247. The zero-order chi connectivity index (χ0) is 12.6. The zero-order valence-electron chi connectivity index (χ0n) is 8.55. The van der Waals surface area contributed by atoms with Crippen LogP contribution in [0.4, 0.5) is 15.8 Å². The number of rotatable bonds is 2. The molecule has 88 valence electrons. The number of nitro benzene ring substituents is 1. The number of nitro groups is 1. The molecule has 0 bridgehead atoms. The van der Waals surface area contributed by atoms with Gasteiger partial charge in [-0.15, -0.1) is 0 Å². The van der Waals surface area contributed by atoms with Crippen molar-refractivity contribution in [3.63, 3.8) is 0 Å². The average molecular weight is 238 g/mol. The number of benzene rings is 1. The second-order valence-electron chi connectivity index (χ2n) is 3.59. The van der Waals surface area contributed by atoms with E-state index in [1.54, 1.807) is 0 Å². The molecular formula is C10H7FN2O4. The fraction of sp³-hybridized carbons (Fsp3) is 0.200. The third-order valence-corrected chi connectivity index (χ3v) is 2.41. The molecule has 1 saturated heterocycles. The number of ketones is 1. The maximum atomic E-state index is 13.0. The maximum absolute atomic E-state index is 13.0. The number of hydrogen-bond donors (Lipinski definition) is 0. The monoisotopic (exact) mass is 238 g/mol. The van der Waals surface area contributed by atoms with Gasteiger partial charge in [-0.3, -0.25) is 24.6 Å². The van der Waals surface area contributed by atoms with Gasteiger partial charge in [0.1, 0.15) is 11.5 Å². The summed E-state index contributed by atoms with van der Waals surface area (Å²) < 4.78 is 13.0. The van der Waals surface area contributed by atoms with Gasteiger partial charge in [-0.05, 0) is 6.07 Å². The summed E-state index contributed by atoms with van der Waals surface area (Å²) in [6.07, 6.45) is -0.298. The first-order valence-corrected chi connectivity index (χ1v) is 4.75. The number of amides is 1. The Morgan fingerprint density at radius 3 is 2.59 bits per heavy atom. The Balaban J connectivity index is 2.50. The Labute approximate surface area is 94.8 Å². The number of Topliss-reactive ketones (excluding diaryl/α,β-unsaturated/α-hetero) is 1. The molecule has 0 aliphatic carbocycles. The molecule has 0 radical (unpaired) electrons. The predicted octanol–water partition coefficient (Wildman–Crippen LogP) is 1.04. The molecule has 1 fully saturated rings. The lowest BCUT2D eigenvalue weighted by molar-refractivity contribution is -0.384. The van der Waals surface area contributed by atoms with Gasteiger partial charge in [0.2, 0.25) is 5.91 Å². The summed E-state index contributed by atoms with van der Waals surface area (Å²) >= 11 is 0. The van der Waals surface area contributed by atoms with E-state index in [4.69, 9.17) is 0 Å². The van der Waals surface area contributed by atoms with Crippen LogP contribution in [-0.2, 0) is 9.59 Å². The molecule has 1 aromatic rings. The Morgan fingerprint density at radius 1 is 1.35 bits per heavy atom. The van der Waals surface area contributed by atoms with Gasteiger partial charge in [0.25, 0.3) is 5.69 Å². The highest BCUT2D eigenvalue weighted by Crippen LogP contribution is 2.31. The summed E-state index contributed by atoms with van der Waals surface area (Å²) in [7, 11) is 0. The van der Waals surface area contributed by atoms with Gasteiger partial charge in [-0.1, -0.05) is 0 Å². The number of hydrogen-bond acceptors (Lipinski definition) is 4. The van der Waals surface area contributed by atoms with Crippen molar-refractivity contribution in [2.24, 2.45) is 0 Å². The van der Waals surface area contributed by atoms with Crippen molar-refractivity contribution >= 4 is 23.1 Å². The van der Waals surface area contributed by atoms with Crippen molar-refractivity contribution in [1.82, 2.24) is 0 Å². The van der Waals surface area contributed by atoms with Crippen LogP contribution in [0.25, 0.3) is 0 Å². The summed E-state index contributed by atoms with van der Waals surface area (Å²) in [4.78, 5) is 33.5. The smallest absolute Gasteiger partial charge is 0.293 e. The van der Waals surface area contributed by atoms with Crippen molar-refractivity contribution in [2.45, 2.75) is 6.42 Å². The molecule has 1 heterocycles. The molecule has 0 saturated carbocycles. The topological polar surface area (TPSA) is 80.5 Å². The van der Waals surface area contributed by atoms with Crippen LogP contribution in [-0.4, -0.2) is 23.2 Å². The van der Waals surface area contributed by atoms with E-state index in [1.165, 1.54) is 0 Å². The minimum Gasteiger partial charge on any atom is -0.298 e. The molecule has 1 aliphatic heterocycles. The quantitative estimate of drug-likeness (QED) is 0.438. The fourth-order valence-corrected chi connectivity index (χ4v) is 1.67. The molecule has 6 nitrogen and oxygen atoms in total. The standard InChI is InChI=1S/C10H7FN2O4/c11-6-1-2-8(13(16)17)9(3-6)12-5-7(14)4-10(12)15/h1-3H,4-5H2.